The number of nitrogens with zero attached hydrogens (tertiary/aromatic N) is 4. The molecule has 0 saturated carbocycles. The molecule has 0 aliphatic carbocycles. The molecule has 1 saturated heterocycles. The molecule has 26 heavy (non-hydrogen) atoms. The maximum atomic E-state index is 12.7. The van der Waals surface area contributed by atoms with Crippen molar-refractivity contribution in [3.63, 3.8) is 0 Å². The van der Waals surface area contributed by atoms with Crippen molar-refractivity contribution in [2.75, 3.05) is 32.1 Å². The van der Waals surface area contributed by atoms with Crippen LogP contribution >= 0.6 is 0 Å². The van der Waals surface area contributed by atoms with Crippen molar-refractivity contribution in [3.05, 3.63) is 53.3 Å². The Balaban J connectivity index is 1.44. The number of nitrogens with one attached hydrogen (secondary N) is 1. The molecule has 6 heteroatoms. The molecule has 1 spiro atoms. The van der Waals surface area contributed by atoms with Gasteiger partial charge in [-0.1, -0.05) is 18.2 Å². The molecule has 2 aromatic rings. The molecule has 2 aliphatic heterocycles. The predicted octanol–water partition coefficient (Wildman–Crippen LogP) is 1.86. The highest BCUT2D eigenvalue weighted by atomic mass is 16.1. The Morgan fingerprint density at radius 1 is 1.19 bits per heavy atom. The Morgan fingerprint density at radius 3 is 2.73 bits per heavy atom. The number of anilines is 1. The maximum Gasteiger partial charge on any atom is 0.252 e. The van der Waals surface area contributed by atoms with Crippen molar-refractivity contribution in [1.82, 2.24) is 20.2 Å². The molecule has 1 aromatic heterocycles. The van der Waals surface area contributed by atoms with E-state index in [-0.39, 0.29) is 11.4 Å². The summed E-state index contributed by atoms with van der Waals surface area (Å²) >= 11 is 0. The number of fused-ring (bicyclic) bond motifs is 1. The number of likely N-dealkylation sites (tertiary alicyclic amines) is 1. The van der Waals surface area contributed by atoms with E-state index in [1.165, 1.54) is 0 Å². The number of hydrogen-bond acceptors (Lipinski definition) is 5. The smallest absolute Gasteiger partial charge is 0.252 e. The lowest BCUT2D eigenvalue weighted by molar-refractivity contribution is 0.0902. The molecule has 1 aromatic carbocycles. The predicted molar refractivity (Wildman–Crippen MR) is 101 cm³/mol. The minimum atomic E-state index is -0.124. The van der Waals surface area contributed by atoms with Gasteiger partial charge in [-0.25, -0.2) is 9.97 Å². The lowest BCUT2D eigenvalue weighted by Crippen LogP contribution is -2.49. The van der Waals surface area contributed by atoms with E-state index in [1.807, 2.05) is 49.6 Å². The number of amides is 1. The Morgan fingerprint density at radius 2 is 1.96 bits per heavy atom. The minimum Gasteiger partial charge on any atom is -0.347 e. The van der Waals surface area contributed by atoms with Crippen LogP contribution in [-0.4, -0.2) is 53.5 Å². The maximum absolute atomic E-state index is 12.7. The summed E-state index contributed by atoms with van der Waals surface area (Å²) in [6, 6.07) is 7.96. The van der Waals surface area contributed by atoms with Crippen molar-refractivity contribution >= 4 is 11.9 Å². The van der Waals surface area contributed by atoms with Gasteiger partial charge in [-0.3, -0.25) is 9.69 Å². The summed E-state index contributed by atoms with van der Waals surface area (Å²) < 4.78 is 0. The largest absolute Gasteiger partial charge is 0.347 e. The van der Waals surface area contributed by atoms with Gasteiger partial charge in [-0.2, -0.15) is 0 Å². The van der Waals surface area contributed by atoms with Crippen molar-refractivity contribution in [2.45, 2.75) is 31.3 Å². The van der Waals surface area contributed by atoms with E-state index in [2.05, 4.69) is 26.3 Å². The lowest BCUT2D eigenvalue weighted by Gasteiger charge is -2.29. The minimum absolute atomic E-state index is 0.0682. The Labute approximate surface area is 154 Å². The molecule has 1 atom stereocenters. The highest BCUT2D eigenvalue weighted by Gasteiger charge is 2.41. The van der Waals surface area contributed by atoms with Gasteiger partial charge in [0.1, 0.15) is 0 Å². The highest BCUT2D eigenvalue weighted by Crippen LogP contribution is 2.31. The van der Waals surface area contributed by atoms with Crippen LogP contribution < -0.4 is 10.2 Å². The van der Waals surface area contributed by atoms with Gasteiger partial charge in [0.05, 0.1) is 5.54 Å². The van der Waals surface area contributed by atoms with Crippen LogP contribution in [0.5, 0.6) is 0 Å². The van der Waals surface area contributed by atoms with Gasteiger partial charge < -0.3 is 10.2 Å². The Hall–Kier alpha value is -2.47. The molecule has 0 bridgehead atoms. The molecule has 1 amide bonds. The topological polar surface area (TPSA) is 61.4 Å². The summed E-state index contributed by atoms with van der Waals surface area (Å²) in [5.41, 5.74) is 2.97. The van der Waals surface area contributed by atoms with Crippen LogP contribution in [0, 0.1) is 0 Å². The molecular weight excluding hydrogens is 326 g/mol. The molecular formula is C20H25N5O. The third-order valence-electron chi connectivity index (χ3n) is 5.44. The average molecular weight is 351 g/mol. The summed E-state index contributed by atoms with van der Waals surface area (Å²) in [4.78, 5) is 25.8. The Bertz CT molecular complexity index is 804. The molecule has 136 valence electrons. The van der Waals surface area contributed by atoms with E-state index in [9.17, 15) is 4.79 Å². The molecule has 4 rings (SSSR count). The van der Waals surface area contributed by atoms with Gasteiger partial charge in [-0.05, 0) is 30.9 Å². The molecule has 1 unspecified atom stereocenters. The zero-order valence-corrected chi connectivity index (χ0v) is 15.4. The summed E-state index contributed by atoms with van der Waals surface area (Å²) in [7, 11) is 3.87. The van der Waals surface area contributed by atoms with Crippen LogP contribution in [0.4, 0.5) is 5.95 Å². The van der Waals surface area contributed by atoms with Crippen LogP contribution in [0.2, 0.25) is 0 Å². The van der Waals surface area contributed by atoms with E-state index in [0.717, 1.165) is 61.5 Å². The van der Waals surface area contributed by atoms with Gasteiger partial charge >= 0.3 is 0 Å². The highest BCUT2D eigenvalue weighted by molar-refractivity contribution is 5.96. The first-order valence-electron chi connectivity index (χ1n) is 9.16. The monoisotopic (exact) mass is 351 g/mol. The van der Waals surface area contributed by atoms with Crippen LogP contribution in [0.15, 0.2) is 36.7 Å². The first-order chi connectivity index (χ1) is 12.5. The summed E-state index contributed by atoms with van der Waals surface area (Å²) in [5, 5.41) is 3.33. The Kier molecular flexibility index (Phi) is 4.36. The summed E-state index contributed by atoms with van der Waals surface area (Å²) in [6.45, 7) is 2.67. The molecule has 0 radical (unpaired) electrons. The van der Waals surface area contributed by atoms with Gasteiger partial charge in [0.15, 0.2) is 0 Å². The number of carbonyl (C=O) groups is 1. The van der Waals surface area contributed by atoms with Gasteiger partial charge in [0.2, 0.25) is 5.95 Å². The second-order valence-corrected chi connectivity index (χ2v) is 7.64. The zero-order chi connectivity index (χ0) is 18.1. The van der Waals surface area contributed by atoms with Crippen molar-refractivity contribution in [2.24, 2.45) is 0 Å². The molecule has 2 aliphatic rings. The number of carbonyl (C=O) groups excluding carboxylic acids is 1. The number of aryl methyl sites for hydroxylation is 1. The van der Waals surface area contributed by atoms with E-state index in [0.29, 0.717) is 0 Å². The second-order valence-electron chi connectivity index (χ2n) is 7.64. The first-order valence-corrected chi connectivity index (χ1v) is 9.16. The van der Waals surface area contributed by atoms with Gasteiger partial charge in [0, 0.05) is 57.3 Å². The van der Waals surface area contributed by atoms with Crippen LogP contribution in [-0.2, 0) is 13.0 Å². The molecule has 1 N–H and O–H groups in total. The number of benzene rings is 1. The number of hydrogen-bond donors (Lipinski definition) is 1. The third-order valence-corrected chi connectivity index (χ3v) is 5.44. The van der Waals surface area contributed by atoms with Crippen LogP contribution in [0.1, 0.15) is 34.3 Å². The lowest BCUT2D eigenvalue weighted by atomic mass is 9.91. The number of rotatable bonds is 3. The zero-order valence-electron chi connectivity index (χ0n) is 15.4. The van der Waals surface area contributed by atoms with Crippen molar-refractivity contribution in [3.8, 4) is 0 Å². The first kappa shape index (κ1) is 17.0. The van der Waals surface area contributed by atoms with Crippen molar-refractivity contribution < 1.29 is 4.79 Å². The fourth-order valence-electron chi connectivity index (χ4n) is 4.02. The number of aromatic nitrogens is 2. The van der Waals surface area contributed by atoms with Crippen molar-refractivity contribution in [1.29, 1.82) is 0 Å². The fraction of sp³-hybridized carbons (Fsp3) is 0.450. The summed E-state index contributed by atoms with van der Waals surface area (Å²) in [6.07, 6.45) is 6.72. The SMILES string of the molecule is CN(C)c1ncc(CN2CCC3(CCc4ccccc4C(=O)N3)C2)cn1. The molecule has 6 nitrogen and oxygen atoms in total. The van der Waals surface area contributed by atoms with E-state index >= 15 is 0 Å². The average Bonchev–Trinajstić information content (AvgIpc) is 2.96. The quantitative estimate of drug-likeness (QED) is 0.915. The molecule has 3 heterocycles. The second kappa shape index (κ2) is 6.68. The fourth-order valence-corrected chi connectivity index (χ4v) is 4.02. The van der Waals surface area contributed by atoms with Gasteiger partial charge in [0.25, 0.3) is 5.91 Å². The van der Waals surface area contributed by atoms with Gasteiger partial charge in [-0.15, -0.1) is 0 Å². The van der Waals surface area contributed by atoms with E-state index in [1.54, 1.807) is 0 Å². The van der Waals surface area contributed by atoms with Crippen LogP contribution in [0.25, 0.3) is 0 Å². The van der Waals surface area contributed by atoms with Crippen LogP contribution in [0.3, 0.4) is 0 Å². The summed E-state index contributed by atoms with van der Waals surface area (Å²) in [5.74, 6) is 0.791. The molecule has 1 fully saturated rings. The normalized spacial score (nSPS) is 22.8. The van der Waals surface area contributed by atoms with E-state index in [4.69, 9.17) is 0 Å². The standard InChI is InChI=1S/C20H25N5O/c1-24(2)19-21-11-15(12-22-19)13-25-10-9-20(14-25)8-7-16-5-3-4-6-17(16)18(26)23-20/h3-6,11-12H,7-10,13-14H2,1-2H3,(H,23,26). The third kappa shape index (κ3) is 3.29. The van der Waals surface area contributed by atoms with E-state index < -0.39 is 0 Å².